The monoisotopic (exact) mass is 1150 g/mol. The molecular weight excluding hydrogens is 1020 g/mol. The van der Waals surface area contributed by atoms with E-state index in [9.17, 15) is 14.4 Å². The van der Waals surface area contributed by atoms with E-state index < -0.39 is 6.10 Å². The first kappa shape index (κ1) is 79.1. The molecule has 0 radical (unpaired) electrons. The van der Waals surface area contributed by atoms with Gasteiger partial charge in [0.25, 0.3) is 0 Å². The van der Waals surface area contributed by atoms with Gasteiger partial charge in [-0.15, -0.1) is 0 Å². The summed E-state index contributed by atoms with van der Waals surface area (Å²) < 4.78 is 16.9. The first-order valence-electron chi connectivity index (χ1n) is 35.4. The molecule has 83 heavy (non-hydrogen) atoms. The Balaban J connectivity index is 4.31. The van der Waals surface area contributed by atoms with Crippen LogP contribution in [0.15, 0.2) is 109 Å². The molecule has 0 saturated heterocycles. The number of esters is 3. The largest absolute Gasteiger partial charge is 0.462 e. The van der Waals surface area contributed by atoms with Gasteiger partial charge in [0.15, 0.2) is 6.10 Å². The number of unbranched alkanes of at least 4 members (excludes halogenated alkanes) is 35. The van der Waals surface area contributed by atoms with Gasteiger partial charge < -0.3 is 14.2 Å². The Hall–Kier alpha value is -3.93. The Labute approximate surface area is 514 Å². The lowest BCUT2D eigenvalue weighted by Crippen LogP contribution is -2.30. The van der Waals surface area contributed by atoms with Crippen molar-refractivity contribution in [3.63, 3.8) is 0 Å². The van der Waals surface area contributed by atoms with Crippen LogP contribution in [-0.4, -0.2) is 37.2 Å². The summed E-state index contributed by atoms with van der Waals surface area (Å²) in [5.74, 6) is -0.915. The van der Waals surface area contributed by atoms with Gasteiger partial charge in [-0.2, -0.15) is 0 Å². The van der Waals surface area contributed by atoms with Crippen LogP contribution >= 0.6 is 0 Å². The highest BCUT2D eigenvalue weighted by Gasteiger charge is 2.19. The van der Waals surface area contributed by atoms with Gasteiger partial charge in [0.05, 0.1) is 0 Å². The summed E-state index contributed by atoms with van der Waals surface area (Å²) in [5, 5.41) is 0. The van der Waals surface area contributed by atoms with Crippen molar-refractivity contribution in [2.75, 3.05) is 13.2 Å². The molecule has 0 heterocycles. The Bertz CT molecular complexity index is 1660. The van der Waals surface area contributed by atoms with Crippen molar-refractivity contribution >= 4 is 17.9 Å². The van der Waals surface area contributed by atoms with Crippen LogP contribution in [0.25, 0.3) is 0 Å². The van der Waals surface area contributed by atoms with Gasteiger partial charge in [-0.3, -0.25) is 14.4 Å². The van der Waals surface area contributed by atoms with Crippen molar-refractivity contribution in [3.05, 3.63) is 109 Å². The van der Waals surface area contributed by atoms with Crippen molar-refractivity contribution in [2.24, 2.45) is 0 Å². The van der Waals surface area contributed by atoms with Gasteiger partial charge in [0.1, 0.15) is 13.2 Å². The smallest absolute Gasteiger partial charge is 0.306 e. The summed E-state index contributed by atoms with van der Waals surface area (Å²) in [6.07, 6.45) is 96.9. The number of hydrogen-bond acceptors (Lipinski definition) is 6. The first-order chi connectivity index (χ1) is 41.0. The van der Waals surface area contributed by atoms with E-state index in [1.165, 1.54) is 193 Å². The average molecular weight is 1150 g/mol. The van der Waals surface area contributed by atoms with Crippen LogP contribution < -0.4 is 0 Å². The molecule has 0 spiro atoms. The Morgan fingerprint density at radius 3 is 0.747 bits per heavy atom. The molecule has 0 aliphatic rings. The van der Waals surface area contributed by atoms with E-state index >= 15 is 0 Å². The predicted molar refractivity (Wildman–Crippen MR) is 362 cm³/mol. The van der Waals surface area contributed by atoms with E-state index in [1.54, 1.807) is 0 Å². The van der Waals surface area contributed by atoms with Crippen LogP contribution in [0.1, 0.15) is 342 Å². The fourth-order valence-electron chi connectivity index (χ4n) is 9.94. The van der Waals surface area contributed by atoms with Crippen molar-refractivity contribution in [1.29, 1.82) is 0 Å². The summed E-state index contributed by atoms with van der Waals surface area (Å²) in [5.41, 5.74) is 0. The molecule has 0 amide bonds. The molecule has 0 aromatic heterocycles. The molecule has 0 bridgehead atoms. The van der Waals surface area contributed by atoms with Crippen LogP contribution in [-0.2, 0) is 28.6 Å². The van der Waals surface area contributed by atoms with Crippen molar-refractivity contribution in [1.82, 2.24) is 0 Å². The average Bonchev–Trinajstić information content (AvgIpc) is 3.49. The molecule has 6 nitrogen and oxygen atoms in total. The Kier molecular flexibility index (Phi) is 67.2. The van der Waals surface area contributed by atoms with Gasteiger partial charge in [-0.05, 0) is 128 Å². The van der Waals surface area contributed by atoms with Crippen molar-refractivity contribution in [2.45, 2.75) is 348 Å². The van der Waals surface area contributed by atoms with E-state index in [0.717, 1.165) is 109 Å². The van der Waals surface area contributed by atoms with Gasteiger partial charge in [-0.1, -0.05) is 304 Å². The van der Waals surface area contributed by atoms with Gasteiger partial charge in [-0.25, -0.2) is 0 Å². The van der Waals surface area contributed by atoms with E-state index in [4.69, 9.17) is 14.2 Å². The van der Waals surface area contributed by atoms with Gasteiger partial charge >= 0.3 is 17.9 Å². The summed E-state index contributed by atoms with van der Waals surface area (Å²) in [7, 11) is 0. The second-order valence-electron chi connectivity index (χ2n) is 23.4. The molecule has 476 valence electrons. The SMILES string of the molecule is CC/C=C\C/C=C\C/C=C\CCCCCC(=O)OCC(COC(=O)CCCCCCCCCCCCCC/C=C\C/C=C\C/C=C\CCCCCCC)OC(=O)CCCCCCCCCCCC/C=C\C/C=C\C/C=C\CCCCCCC. The molecule has 0 aliphatic carbocycles. The molecule has 1 unspecified atom stereocenters. The molecule has 0 aromatic carbocycles. The molecular formula is C77H132O6. The fourth-order valence-corrected chi connectivity index (χ4v) is 9.94. The molecule has 0 N–H and O–H groups in total. The van der Waals surface area contributed by atoms with Gasteiger partial charge in [0, 0.05) is 19.3 Å². The van der Waals surface area contributed by atoms with E-state index in [0.29, 0.717) is 19.3 Å². The number of carbonyl (C=O) groups is 3. The molecule has 0 aromatic rings. The second-order valence-corrected chi connectivity index (χ2v) is 23.4. The van der Waals surface area contributed by atoms with E-state index in [2.05, 4.69) is 130 Å². The number of ether oxygens (including phenoxy) is 3. The normalized spacial score (nSPS) is 12.8. The summed E-state index contributed by atoms with van der Waals surface area (Å²) >= 11 is 0. The highest BCUT2D eigenvalue weighted by Crippen LogP contribution is 2.17. The van der Waals surface area contributed by atoms with E-state index in [-0.39, 0.29) is 31.1 Å². The zero-order valence-corrected chi connectivity index (χ0v) is 54.7. The molecule has 0 aliphatic heterocycles. The zero-order chi connectivity index (χ0) is 59.9. The highest BCUT2D eigenvalue weighted by molar-refractivity contribution is 5.71. The Morgan fingerprint density at radius 1 is 0.253 bits per heavy atom. The topological polar surface area (TPSA) is 78.9 Å². The lowest BCUT2D eigenvalue weighted by molar-refractivity contribution is -0.167. The highest BCUT2D eigenvalue weighted by atomic mass is 16.6. The number of carbonyl (C=O) groups excluding carboxylic acids is 3. The maximum absolute atomic E-state index is 13.0. The lowest BCUT2D eigenvalue weighted by atomic mass is 10.0. The fraction of sp³-hybridized carbons (Fsp3) is 0.727. The lowest BCUT2D eigenvalue weighted by Gasteiger charge is -2.18. The molecule has 0 rings (SSSR count). The summed E-state index contributed by atoms with van der Waals surface area (Å²) in [6, 6.07) is 0. The molecule has 6 heteroatoms. The van der Waals surface area contributed by atoms with E-state index in [1.807, 2.05) is 0 Å². The van der Waals surface area contributed by atoms with Crippen LogP contribution in [0.5, 0.6) is 0 Å². The third-order valence-electron chi connectivity index (χ3n) is 15.2. The summed E-state index contributed by atoms with van der Waals surface area (Å²) in [4.78, 5) is 38.4. The molecule has 0 fully saturated rings. The number of allylic oxidation sites excluding steroid dienone is 18. The second kappa shape index (κ2) is 70.6. The Morgan fingerprint density at radius 2 is 0.470 bits per heavy atom. The summed E-state index contributed by atoms with van der Waals surface area (Å²) in [6.45, 7) is 6.50. The minimum Gasteiger partial charge on any atom is -0.462 e. The maximum atomic E-state index is 13.0. The first-order valence-corrected chi connectivity index (χ1v) is 35.4. The standard InChI is InChI=1S/C77H132O6/c1-4-7-10-13-16-19-22-25-27-29-31-33-35-37-38-40-41-43-45-47-49-52-55-58-61-64-67-70-76(79)82-73-74(72-81-75(78)69-66-63-60-57-54-51-24-21-18-15-12-9-6-3)83-77(80)71-68-65-62-59-56-53-50-48-46-44-42-39-36-34-32-30-28-26-23-20-17-14-11-8-5-2/h9,12,18,21-23,25-26,29-32,35-37,39,51,54,74H,4-8,10-11,13-17,19-20,24,27-28,33-34,38,40-50,52-53,55-73H2,1-3H3/b12-9-,21-18-,25-22-,26-23-,31-29-,32-30-,37-35-,39-36-,54-51-. The predicted octanol–water partition coefficient (Wildman–Crippen LogP) is 24.6. The van der Waals surface area contributed by atoms with Crippen LogP contribution in [0.2, 0.25) is 0 Å². The number of rotatable bonds is 64. The third kappa shape index (κ3) is 68.7. The third-order valence-corrected chi connectivity index (χ3v) is 15.2. The van der Waals surface area contributed by atoms with Crippen LogP contribution in [0.3, 0.4) is 0 Å². The minimum absolute atomic E-state index is 0.0898. The van der Waals surface area contributed by atoms with Crippen molar-refractivity contribution < 1.29 is 28.6 Å². The van der Waals surface area contributed by atoms with Crippen LogP contribution in [0, 0.1) is 0 Å². The molecule has 0 saturated carbocycles. The number of hydrogen-bond donors (Lipinski definition) is 0. The van der Waals surface area contributed by atoms with Gasteiger partial charge in [0.2, 0.25) is 0 Å². The molecule has 1 atom stereocenters. The van der Waals surface area contributed by atoms with Crippen molar-refractivity contribution in [3.8, 4) is 0 Å². The minimum atomic E-state index is -0.797. The zero-order valence-electron chi connectivity index (χ0n) is 54.7. The van der Waals surface area contributed by atoms with Crippen LogP contribution in [0.4, 0.5) is 0 Å². The quantitative estimate of drug-likeness (QED) is 0.0261. The maximum Gasteiger partial charge on any atom is 0.306 e.